The average molecular weight is 329 g/mol. The minimum absolute atomic E-state index is 0.506. The van der Waals surface area contributed by atoms with Crippen molar-refractivity contribution in [1.29, 1.82) is 0 Å². The van der Waals surface area contributed by atoms with E-state index in [9.17, 15) is 0 Å². The van der Waals surface area contributed by atoms with Crippen LogP contribution in [0.15, 0.2) is 33.4 Å². The lowest BCUT2D eigenvalue weighted by Gasteiger charge is -2.30. The lowest BCUT2D eigenvalue weighted by molar-refractivity contribution is 0.371. The van der Waals surface area contributed by atoms with Crippen molar-refractivity contribution in [2.45, 2.75) is 32.5 Å². The minimum atomic E-state index is -0.913. The number of fused-ring (bicyclic) bond motifs is 1. The highest BCUT2D eigenvalue weighted by Gasteiger charge is 2.31. The molecule has 0 amide bonds. The summed E-state index contributed by atoms with van der Waals surface area (Å²) in [6.45, 7) is 4.46. The van der Waals surface area contributed by atoms with Crippen LogP contribution in [0, 0.1) is 0 Å². The Hall–Kier alpha value is -2.61. The predicted molar refractivity (Wildman–Crippen MR) is 96.7 cm³/mol. The Morgan fingerprint density at radius 1 is 1.46 bits per heavy atom. The molecule has 0 saturated heterocycles. The third-order valence-electron chi connectivity index (χ3n) is 4.03. The highest BCUT2D eigenvalue weighted by atomic mass is 16.5. The smallest absolute Gasteiger partial charge is 0.239 e. The van der Waals surface area contributed by atoms with E-state index in [-0.39, 0.29) is 0 Å². The molecule has 24 heavy (non-hydrogen) atoms. The zero-order valence-electron chi connectivity index (χ0n) is 14.2. The average Bonchev–Trinajstić information content (AvgIpc) is 2.96. The number of nitrogens with zero attached hydrogens (tertiary/aromatic N) is 4. The summed E-state index contributed by atoms with van der Waals surface area (Å²) in [6.07, 6.45) is 5.55. The first-order valence-corrected chi connectivity index (χ1v) is 7.94. The molecule has 1 aromatic rings. The van der Waals surface area contributed by atoms with Crippen molar-refractivity contribution in [1.82, 2.24) is 4.68 Å². The largest absolute Gasteiger partial charge is 0.480 e. The van der Waals surface area contributed by atoms with E-state index in [1.54, 1.807) is 14.0 Å². The van der Waals surface area contributed by atoms with Gasteiger partial charge in [0.15, 0.2) is 5.79 Å². The van der Waals surface area contributed by atoms with Gasteiger partial charge in [-0.05, 0) is 44.4 Å². The van der Waals surface area contributed by atoms with Gasteiger partial charge in [0.25, 0.3) is 0 Å². The van der Waals surface area contributed by atoms with Crippen molar-refractivity contribution in [3.63, 3.8) is 0 Å². The Morgan fingerprint density at radius 2 is 2.25 bits per heavy atom. The van der Waals surface area contributed by atoms with E-state index >= 15 is 0 Å². The summed E-state index contributed by atoms with van der Waals surface area (Å²) in [5.74, 6) is 5.08. The number of hydrogen-bond acceptors (Lipinski definition) is 7. The molecule has 0 radical (unpaired) electrons. The molecule has 0 saturated carbocycles. The second-order valence-corrected chi connectivity index (χ2v) is 5.93. The number of aromatic nitrogens is 1. The van der Waals surface area contributed by atoms with Crippen molar-refractivity contribution >= 4 is 22.9 Å². The van der Waals surface area contributed by atoms with Gasteiger partial charge in [0.05, 0.1) is 18.5 Å². The molecule has 0 aromatic carbocycles. The number of rotatable bonds is 2. The van der Waals surface area contributed by atoms with Gasteiger partial charge in [-0.1, -0.05) is 0 Å². The van der Waals surface area contributed by atoms with Crippen LogP contribution in [0.3, 0.4) is 0 Å². The molecule has 8 heteroatoms. The fourth-order valence-electron chi connectivity index (χ4n) is 3.03. The second-order valence-electron chi connectivity index (χ2n) is 5.93. The zero-order valence-corrected chi connectivity index (χ0v) is 14.2. The van der Waals surface area contributed by atoms with E-state index in [0.29, 0.717) is 12.4 Å². The Bertz CT molecular complexity index is 767. The number of aliphatic imine (C=N–C) groups is 2. The van der Waals surface area contributed by atoms with Gasteiger partial charge in [-0.25, -0.2) is 4.99 Å². The molecule has 1 unspecified atom stereocenters. The fourth-order valence-corrected chi connectivity index (χ4v) is 3.03. The van der Waals surface area contributed by atoms with Gasteiger partial charge < -0.3 is 10.6 Å². The number of nitrogens with two attached hydrogens (primary N) is 2. The van der Waals surface area contributed by atoms with Crippen LogP contribution in [-0.2, 0) is 4.74 Å². The van der Waals surface area contributed by atoms with E-state index in [4.69, 9.17) is 16.3 Å². The third-order valence-corrected chi connectivity index (χ3v) is 4.03. The molecule has 1 atom stereocenters. The van der Waals surface area contributed by atoms with Crippen LogP contribution in [0.25, 0.3) is 5.57 Å². The molecule has 3 rings (SSSR count). The molecule has 1 aliphatic carbocycles. The third kappa shape index (κ3) is 2.80. The van der Waals surface area contributed by atoms with Gasteiger partial charge in [0, 0.05) is 18.3 Å². The number of hydrogen-bond donors (Lipinski definition) is 3. The molecule has 2 aliphatic rings. The molecule has 8 nitrogen and oxygen atoms in total. The first-order valence-electron chi connectivity index (χ1n) is 7.94. The van der Waals surface area contributed by atoms with Crippen molar-refractivity contribution in [2.75, 3.05) is 19.1 Å². The molecule has 0 fully saturated rings. The normalized spacial score (nSPS) is 26.7. The number of hydrazone groups is 1. The SMILES string of the molecule is CCN=C1C=C(c2ccn3c2C(OC)=NC(C)(N)N3)CC/C1=N/N. The van der Waals surface area contributed by atoms with E-state index in [2.05, 4.69) is 20.5 Å². The topological polar surface area (TPSA) is 115 Å². The minimum Gasteiger partial charge on any atom is -0.480 e. The van der Waals surface area contributed by atoms with Crippen LogP contribution in [0.5, 0.6) is 0 Å². The molecular formula is C16H23N7O. The molecule has 2 heterocycles. The maximum atomic E-state index is 6.08. The highest BCUT2D eigenvalue weighted by molar-refractivity contribution is 6.48. The maximum Gasteiger partial charge on any atom is 0.239 e. The van der Waals surface area contributed by atoms with Gasteiger partial charge in [-0.2, -0.15) is 5.10 Å². The lowest BCUT2D eigenvalue weighted by atomic mass is 9.91. The summed E-state index contributed by atoms with van der Waals surface area (Å²) in [6, 6.07) is 2.03. The van der Waals surface area contributed by atoms with Crippen LogP contribution in [0.2, 0.25) is 0 Å². The molecule has 1 aromatic heterocycles. The maximum absolute atomic E-state index is 6.08. The monoisotopic (exact) mass is 329 g/mol. The Morgan fingerprint density at radius 3 is 2.92 bits per heavy atom. The summed E-state index contributed by atoms with van der Waals surface area (Å²) in [4.78, 5) is 8.92. The van der Waals surface area contributed by atoms with Gasteiger partial charge in [0.2, 0.25) is 5.90 Å². The molecule has 5 N–H and O–H groups in total. The highest BCUT2D eigenvalue weighted by Crippen LogP contribution is 2.30. The van der Waals surface area contributed by atoms with Crippen LogP contribution in [0.4, 0.5) is 0 Å². The molecule has 0 spiro atoms. The van der Waals surface area contributed by atoms with Gasteiger partial charge in [-0.15, -0.1) is 0 Å². The van der Waals surface area contributed by atoms with Crippen molar-refractivity contribution in [3.05, 3.63) is 29.6 Å². The molecule has 0 bridgehead atoms. The number of nitrogens with one attached hydrogen (secondary N) is 1. The first kappa shape index (κ1) is 16.3. The molecule has 128 valence electrons. The second kappa shape index (κ2) is 6.12. The van der Waals surface area contributed by atoms with E-state index in [1.165, 1.54) is 0 Å². The number of ether oxygens (including phenoxy) is 1. The Kier molecular flexibility index (Phi) is 4.15. The Balaban J connectivity index is 2.07. The summed E-state index contributed by atoms with van der Waals surface area (Å²) in [5, 5.41) is 3.86. The summed E-state index contributed by atoms with van der Waals surface area (Å²) in [7, 11) is 1.60. The summed E-state index contributed by atoms with van der Waals surface area (Å²) >= 11 is 0. The predicted octanol–water partition coefficient (Wildman–Crippen LogP) is 1.02. The number of allylic oxidation sites excluding steroid dienone is 2. The molecule has 1 aliphatic heterocycles. The number of methoxy groups -OCH3 is 1. The zero-order chi connectivity index (χ0) is 17.3. The van der Waals surface area contributed by atoms with Crippen molar-refractivity contribution < 1.29 is 4.74 Å². The van der Waals surface area contributed by atoms with Crippen molar-refractivity contribution in [3.8, 4) is 0 Å². The van der Waals surface area contributed by atoms with Crippen LogP contribution < -0.4 is 17.0 Å². The van der Waals surface area contributed by atoms with Crippen LogP contribution >= 0.6 is 0 Å². The van der Waals surface area contributed by atoms with E-state index in [1.807, 2.05) is 29.9 Å². The van der Waals surface area contributed by atoms with Gasteiger partial charge in [-0.3, -0.25) is 20.8 Å². The lowest BCUT2D eigenvalue weighted by Crippen LogP contribution is -2.51. The summed E-state index contributed by atoms with van der Waals surface area (Å²) in [5.41, 5.74) is 13.9. The van der Waals surface area contributed by atoms with Gasteiger partial charge >= 0.3 is 0 Å². The summed E-state index contributed by atoms with van der Waals surface area (Å²) < 4.78 is 7.32. The van der Waals surface area contributed by atoms with Gasteiger partial charge in [0.1, 0.15) is 5.69 Å². The van der Waals surface area contributed by atoms with E-state index < -0.39 is 5.79 Å². The van der Waals surface area contributed by atoms with Crippen LogP contribution in [-0.4, -0.2) is 41.4 Å². The Labute approximate surface area is 140 Å². The van der Waals surface area contributed by atoms with E-state index in [0.717, 1.165) is 41.1 Å². The fraction of sp³-hybridized carbons (Fsp3) is 0.438. The first-order chi connectivity index (χ1) is 11.5. The van der Waals surface area contributed by atoms with Crippen molar-refractivity contribution in [2.24, 2.45) is 26.7 Å². The molecular weight excluding hydrogens is 306 g/mol. The standard InChI is InChI=1S/C16H23N7O/c1-4-19-13-9-10(5-6-12(13)21-18)11-7-8-23-14(11)15(24-3)20-16(2,17)22-23/h7-9,22H,4-6,17-18H2,1-3H3/b19-13?,21-12-. The quantitative estimate of drug-likeness (QED) is 0.555. The van der Waals surface area contributed by atoms with Crippen LogP contribution in [0.1, 0.15) is 37.9 Å².